The molecule has 1 aromatic carbocycles. The molecule has 1 saturated heterocycles. The van der Waals surface area contributed by atoms with Gasteiger partial charge in [0.2, 0.25) is 15.9 Å². The lowest BCUT2D eigenvalue weighted by Gasteiger charge is -2.30. The molecule has 0 saturated carbocycles. The summed E-state index contributed by atoms with van der Waals surface area (Å²) >= 11 is 0. The van der Waals surface area contributed by atoms with Crippen LogP contribution in [0.2, 0.25) is 0 Å². The van der Waals surface area contributed by atoms with Crippen LogP contribution in [0.25, 0.3) is 5.69 Å². The molecule has 1 unspecified atom stereocenters. The first-order chi connectivity index (χ1) is 13.1. The number of carbonyl (C=O) groups excluding carboxylic acids is 2. The number of likely N-dealkylation sites (tertiary alicyclic amines) is 1. The molecule has 10 nitrogen and oxygen atoms in total. The number of aryl methyl sites for hydroxylation is 1. The standard InChI is InChI=1S/C17H22N6O4S/c1-11-8-19-23(9-11)15-5-4-13(28(18,26)27)7-14(15)21-17(25)20-12-3-6-16(24)22(2)10-12/h4-5,7-9,12H,3,6,10H2,1-2H3,(H2,18,26,27)(H2,20,21,25). The van der Waals surface area contributed by atoms with Crippen LogP contribution in [0.4, 0.5) is 10.5 Å². The van der Waals surface area contributed by atoms with Crippen LogP contribution in [-0.4, -0.2) is 54.7 Å². The van der Waals surface area contributed by atoms with Gasteiger partial charge in [0.25, 0.3) is 0 Å². The van der Waals surface area contributed by atoms with E-state index in [0.717, 1.165) is 5.56 Å². The van der Waals surface area contributed by atoms with Gasteiger partial charge in [0.15, 0.2) is 0 Å². The van der Waals surface area contributed by atoms with Gasteiger partial charge in [-0.25, -0.2) is 23.0 Å². The Labute approximate surface area is 162 Å². The molecule has 2 aromatic rings. The van der Waals surface area contributed by atoms with Gasteiger partial charge in [-0.3, -0.25) is 4.79 Å². The third kappa shape index (κ3) is 4.49. The van der Waals surface area contributed by atoms with Crippen molar-refractivity contribution in [1.29, 1.82) is 0 Å². The first kappa shape index (κ1) is 19.8. The number of nitrogens with one attached hydrogen (secondary N) is 2. The molecule has 0 spiro atoms. The zero-order valence-corrected chi connectivity index (χ0v) is 16.4. The van der Waals surface area contributed by atoms with E-state index in [2.05, 4.69) is 15.7 Å². The normalized spacial score (nSPS) is 17.5. The Morgan fingerprint density at radius 1 is 1.36 bits per heavy atom. The first-order valence-electron chi connectivity index (χ1n) is 8.63. The van der Waals surface area contributed by atoms with E-state index in [0.29, 0.717) is 25.1 Å². The smallest absolute Gasteiger partial charge is 0.319 e. The summed E-state index contributed by atoms with van der Waals surface area (Å²) in [5.41, 5.74) is 1.64. The average Bonchev–Trinajstić information content (AvgIpc) is 3.03. The Morgan fingerprint density at radius 3 is 2.71 bits per heavy atom. The van der Waals surface area contributed by atoms with Gasteiger partial charge in [-0.15, -0.1) is 0 Å². The quantitative estimate of drug-likeness (QED) is 0.681. The molecule has 1 atom stereocenters. The lowest BCUT2D eigenvalue weighted by atomic mass is 10.1. The zero-order valence-electron chi connectivity index (χ0n) is 15.5. The summed E-state index contributed by atoms with van der Waals surface area (Å²) < 4.78 is 24.9. The second-order valence-electron chi connectivity index (χ2n) is 6.79. The minimum absolute atomic E-state index is 0.0376. The molecule has 4 N–H and O–H groups in total. The van der Waals surface area contributed by atoms with Gasteiger partial charge >= 0.3 is 6.03 Å². The topological polar surface area (TPSA) is 139 Å². The third-order valence-corrected chi connectivity index (χ3v) is 5.38. The van der Waals surface area contributed by atoms with Gasteiger partial charge in [0.05, 0.1) is 22.5 Å². The molecule has 2 heterocycles. The number of hydrogen-bond acceptors (Lipinski definition) is 5. The van der Waals surface area contributed by atoms with E-state index in [1.807, 2.05) is 6.92 Å². The van der Waals surface area contributed by atoms with Crippen molar-refractivity contribution in [3.05, 3.63) is 36.2 Å². The maximum atomic E-state index is 12.5. The molecule has 28 heavy (non-hydrogen) atoms. The highest BCUT2D eigenvalue weighted by Crippen LogP contribution is 2.24. The van der Waals surface area contributed by atoms with E-state index >= 15 is 0 Å². The van der Waals surface area contributed by atoms with E-state index < -0.39 is 16.1 Å². The Bertz CT molecular complexity index is 1020. The molecule has 1 aliphatic rings. The number of carbonyl (C=O) groups is 2. The molecule has 3 amide bonds. The monoisotopic (exact) mass is 406 g/mol. The summed E-state index contributed by atoms with van der Waals surface area (Å²) in [6.45, 7) is 2.28. The van der Waals surface area contributed by atoms with Gasteiger partial charge in [-0.1, -0.05) is 0 Å². The van der Waals surface area contributed by atoms with Gasteiger partial charge in [-0.2, -0.15) is 5.10 Å². The van der Waals surface area contributed by atoms with Crippen molar-refractivity contribution < 1.29 is 18.0 Å². The van der Waals surface area contributed by atoms with Crippen LogP contribution in [0.1, 0.15) is 18.4 Å². The Kier molecular flexibility index (Phi) is 5.38. The number of rotatable bonds is 4. The predicted octanol–water partition coefficient (Wildman–Crippen LogP) is 0.570. The number of anilines is 1. The molecule has 1 fully saturated rings. The fourth-order valence-electron chi connectivity index (χ4n) is 3.01. The molecule has 1 aromatic heterocycles. The van der Waals surface area contributed by atoms with E-state index in [-0.39, 0.29) is 22.5 Å². The summed E-state index contributed by atoms with van der Waals surface area (Å²) in [4.78, 5) is 25.5. The molecular formula is C17H22N6O4S. The van der Waals surface area contributed by atoms with Crippen LogP contribution in [0.15, 0.2) is 35.5 Å². The van der Waals surface area contributed by atoms with E-state index in [1.54, 1.807) is 24.3 Å². The molecule has 1 aliphatic heterocycles. The van der Waals surface area contributed by atoms with Crippen molar-refractivity contribution in [2.45, 2.75) is 30.7 Å². The zero-order chi connectivity index (χ0) is 20.5. The number of primary sulfonamides is 1. The van der Waals surface area contributed by atoms with Gasteiger partial charge in [0.1, 0.15) is 0 Å². The SMILES string of the molecule is Cc1cnn(-c2ccc(S(N)(=O)=O)cc2NC(=O)NC2CCC(=O)N(C)C2)c1. The molecule has 3 rings (SSSR count). The van der Waals surface area contributed by atoms with Crippen LogP contribution in [0, 0.1) is 6.92 Å². The van der Waals surface area contributed by atoms with Crippen LogP contribution < -0.4 is 15.8 Å². The van der Waals surface area contributed by atoms with E-state index in [9.17, 15) is 18.0 Å². The number of benzene rings is 1. The highest BCUT2D eigenvalue weighted by atomic mass is 32.2. The fourth-order valence-corrected chi connectivity index (χ4v) is 3.55. The van der Waals surface area contributed by atoms with Crippen molar-refractivity contribution in [1.82, 2.24) is 20.0 Å². The second-order valence-corrected chi connectivity index (χ2v) is 8.36. The number of likely N-dealkylation sites (N-methyl/N-ethyl adjacent to an activating group) is 1. The van der Waals surface area contributed by atoms with Gasteiger partial charge in [0, 0.05) is 32.3 Å². The summed E-state index contributed by atoms with van der Waals surface area (Å²) in [7, 11) is -2.26. The number of aromatic nitrogens is 2. The van der Waals surface area contributed by atoms with Crippen molar-refractivity contribution >= 4 is 27.6 Å². The number of sulfonamides is 1. The molecule has 0 aliphatic carbocycles. The highest BCUT2D eigenvalue weighted by molar-refractivity contribution is 7.89. The number of amides is 3. The minimum atomic E-state index is -3.94. The van der Waals surface area contributed by atoms with Crippen LogP contribution in [-0.2, 0) is 14.8 Å². The van der Waals surface area contributed by atoms with Crippen LogP contribution in [0.3, 0.4) is 0 Å². The van der Waals surface area contributed by atoms with Gasteiger partial charge in [-0.05, 0) is 37.1 Å². The lowest BCUT2D eigenvalue weighted by molar-refractivity contribution is -0.132. The Balaban J connectivity index is 1.84. The number of piperidine rings is 1. The molecule has 11 heteroatoms. The summed E-state index contributed by atoms with van der Waals surface area (Å²) in [5.74, 6) is 0.0376. The maximum Gasteiger partial charge on any atom is 0.319 e. The van der Waals surface area contributed by atoms with E-state index in [4.69, 9.17) is 5.14 Å². The third-order valence-electron chi connectivity index (χ3n) is 4.47. The highest BCUT2D eigenvalue weighted by Gasteiger charge is 2.24. The second kappa shape index (κ2) is 7.60. The molecule has 0 bridgehead atoms. The van der Waals surface area contributed by atoms with Crippen molar-refractivity contribution in [2.24, 2.45) is 5.14 Å². The summed E-state index contributed by atoms with van der Waals surface area (Å²) in [6.07, 6.45) is 4.29. The molecule has 0 radical (unpaired) electrons. The number of nitrogens with two attached hydrogens (primary N) is 1. The first-order valence-corrected chi connectivity index (χ1v) is 10.2. The van der Waals surface area contributed by atoms with Gasteiger partial charge < -0.3 is 15.5 Å². The Hall–Kier alpha value is -2.92. The summed E-state index contributed by atoms with van der Waals surface area (Å²) in [6, 6.07) is 3.46. The number of urea groups is 1. The number of nitrogens with zero attached hydrogens (tertiary/aromatic N) is 3. The van der Waals surface area contributed by atoms with Crippen molar-refractivity contribution in [2.75, 3.05) is 18.9 Å². The van der Waals surface area contributed by atoms with Crippen LogP contribution >= 0.6 is 0 Å². The lowest BCUT2D eigenvalue weighted by Crippen LogP contribution is -2.49. The number of hydrogen-bond donors (Lipinski definition) is 3. The van der Waals surface area contributed by atoms with Crippen molar-refractivity contribution in [3.8, 4) is 5.69 Å². The Morgan fingerprint density at radius 2 is 2.11 bits per heavy atom. The van der Waals surface area contributed by atoms with Crippen molar-refractivity contribution in [3.63, 3.8) is 0 Å². The minimum Gasteiger partial charge on any atom is -0.344 e. The predicted molar refractivity (Wildman–Crippen MR) is 102 cm³/mol. The average molecular weight is 406 g/mol. The fraction of sp³-hybridized carbons (Fsp3) is 0.353. The molecular weight excluding hydrogens is 384 g/mol. The van der Waals surface area contributed by atoms with E-state index in [1.165, 1.54) is 22.9 Å². The summed E-state index contributed by atoms with van der Waals surface area (Å²) in [5, 5.41) is 14.9. The maximum absolute atomic E-state index is 12.5. The largest absolute Gasteiger partial charge is 0.344 e. The van der Waals surface area contributed by atoms with Crippen LogP contribution in [0.5, 0.6) is 0 Å². The molecule has 150 valence electrons.